The Balaban J connectivity index is 0.000000227. The number of aryl methyl sites for hydroxylation is 2. The van der Waals surface area contributed by atoms with Crippen LogP contribution >= 0.6 is 0 Å². The predicted octanol–water partition coefficient (Wildman–Crippen LogP) is 8.99. The molecule has 0 saturated carbocycles. The maximum Gasteiger partial charge on any atom is 0.417 e. The van der Waals surface area contributed by atoms with Crippen molar-refractivity contribution in [1.29, 1.82) is 0 Å². The fraction of sp³-hybridized carbons (Fsp3) is 0.277. The van der Waals surface area contributed by atoms with E-state index in [4.69, 9.17) is 20.3 Å². The number of nitrogens with two attached hydrogens (primary N) is 2. The van der Waals surface area contributed by atoms with Crippen LogP contribution in [-0.2, 0) is 28.5 Å². The molecule has 10 heteroatoms. The number of fused-ring (bicyclic) bond motifs is 7. The summed E-state index contributed by atoms with van der Waals surface area (Å²) in [4.78, 5) is 15.7. The molecule has 0 aliphatic carbocycles. The van der Waals surface area contributed by atoms with E-state index in [-0.39, 0.29) is 11.5 Å². The summed E-state index contributed by atoms with van der Waals surface area (Å²) in [6.07, 6.45) is 0.920. The molecule has 0 bridgehead atoms. The van der Waals surface area contributed by atoms with E-state index in [0.717, 1.165) is 90.7 Å². The van der Waals surface area contributed by atoms with Crippen LogP contribution in [0.5, 0.6) is 0 Å². The number of carbonyl (C=O) groups excluding carboxylic acids is 1. The van der Waals surface area contributed by atoms with E-state index in [1.807, 2.05) is 74.6 Å². The summed E-state index contributed by atoms with van der Waals surface area (Å²) < 4.78 is 54.8. The molecule has 2 aliphatic heterocycles. The summed E-state index contributed by atoms with van der Waals surface area (Å²) >= 11 is 0. The first-order valence-electron chi connectivity index (χ1n) is 19.6. The normalized spacial score (nSPS) is 13.7. The zero-order valence-electron chi connectivity index (χ0n) is 32.2. The molecule has 292 valence electrons. The summed E-state index contributed by atoms with van der Waals surface area (Å²) in [5, 5.41) is 11.8. The summed E-state index contributed by atoms with van der Waals surface area (Å²) in [5.74, 6) is -0.127. The number of nitrogens with zero attached hydrogens (tertiary/aromatic N) is 2. The molecule has 0 spiro atoms. The highest BCUT2D eigenvalue weighted by molar-refractivity contribution is 6.20. The van der Waals surface area contributed by atoms with Crippen LogP contribution in [0.25, 0.3) is 54.6 Å². The second-order valence-corrected chi connectivity index (χ2v) is 15.0. The Morgan fingerprint density at radius 2 is 1.54 bits per heavy atom. The van der Waals surface area contributed by atoms with Crippen LogP contribution in [0.15, 0.2) is 101 Å². The minimum Gasteiger partial charge on any atom is -0.466 e. The van der Waals surface area contributed by atoms with Crippen molar-refractivity contribution in [2.75, 3.05) is 48.8 Å². The lowest BCUT2D eigenvalue weighted by Gasteiger charge is -2.37. The van der Waals surface area contributed by atoms with Gasteiger partial charge in [0.2, 0.25) is 0 Å². The molecule has 0 unspecified atom stereocenters. The molecule has 6 aromatic carbocycles. The molecule has 7 aromatic rings. The van der Waals surface area contributed by atoms with E-state index in [2.05, 4.69) is 21.9 Å². The monoisotopic (exact) mass is 771 g/mol. The second kappa shape index (κ2) is 15.5. The smallest absolute Gasteiger partial charge is 0.417 e. The third-order valence-electron chi connectivity index (χ3n) is 11.2. The number of halogens is 3. The van der Waals surface area contributed by atoms with Gasteiger partial charge >= 0.3 is 12.1 Å². The average Bonchev–Trinajstić information content (AvgIpc) is 3.20. The predicted molar refractivity (Wildman–Crippen MR) is 223 cm³/mol. The van der Waals surface area contributed by atoms with Crippen LogP contribution < -0.4 is 26.3 Å². The number of hydrogen-bond acceptors (Lipinski definition) is 6. The number of anilines is 3. The van der Waals surface area contributed by atoms with Gasteiger partial charge in [0.05, 0.1) is 12.2 Å². The second-order valence-electron chi connectivity index (χ2n) is 15.0. The number of nitrogen functional groups attached to an aromatic ring is 1. The van der Waals surface area contributed by atoms with Crippen LogP contribution in [0.1, 0.15) is 49.3 Å². The summed E-state index contributed by atoms with van der Waals surface area (Å²) in [6.45, 7) is 5.23. The number of esters is 1. The summed E-state index contributed by atoms with van der Waals surface area (Å²) in [7, 11) is 2.00. The maximum absolute atomic E-state index is 14.4. The van der Waals surface area contributed by atoms with E-state index in [9.17, 15) is 18.0 Å². The first-order chi connectivity index (χ1) is 27.5. The fourth-order valence-corrected chi connectivity index (χ4v) is 8.62. The molecule has 2 aliphatic rings. The van der Waals surface area contributed by atoms with Crippen LogP contribution in [0.4, 0.5) is 30.2 Å². The molecule has 0 amide bonds. The third kappa shape index (κ3) is 7.36. The molecule has 0 radical (unpaired) electrons. The number of benzene rings is 6. The largest absolute Gasteiger partial charge is 0.466 e. The highest BCUT2D eigenvalue weighted by Crippen LogP contribution is 2.48. The van der Waals surface area contributed by atoms with Crippen molar-refractivity contribution in [2.45, 2.75) is 51.6 Å². The van der Waals surface area contributed by atoms with Crippen molar-refractivity contribution in [3.05, 3.63) is 119 Å². The van der Waals surface area contributed by atoms with Crippen molar-refractivity contribution in [3.63, 3.8) is 0 Å². The van der Waals surface area contributed by atoms with Crippen molar-refractivity contribution < 1.29 is 32.5 Å². The Labute approximate surface area is 328 Å². The van der Waals surface area contributed by atoms with Gasteiger partial charge < -0.3 is 24.7 Å². The number of carbonyl (C=O) groups is 1. The van der Waals surface area contributed by atoms with Crippen LogP contribution in [0.3, 0.4) is 0 Å². The van der Waals surface area contributed by atoms with Crippen molar-refractivity contribution >= 4 is 66.5 Å². The third-order valence-corrected chi connectivity index (χ3v) is 11.2. The zero-order chi connectivity index (χ0) is 39.8. The van der Waals surface area contributed by atoms with Crippen molar-refractivity contribution in [1.82, 2.24) is 0 Å². The van der Waals surface area contributed by atoms with Crippen molar-refractivity contribution in [2.24, 2.45) is 0 Å². The minimum absolute atomic E-state index is 0.127. The highest BCUT2D eigenvalue weighted by Gasteiger charge is 2.35. The Bertz CT molecular complexity index is 2700. The van der Waals surface area contributed by atoms with Gasteiger partial charge in [-0.2, -0.15) is 13.2 Å². The van der Waals surface area contributed by atoms with Gasteiger partial charge in [-0.25, -0.2) is 0 Å². The standard InChI is InChI=1S/C34H25F3N2O.C13H20N2O2/c35-34(36,37)29-8-2-1-6-25(29)30-26-11-9-19-17-21(38)10-12-22(19)32(26)40-33-27(30)14-13-23-24-7-4-16-39-15-3-5-20(31(24)39)18-28(23)33;1-3-17-13(16)5-4-10-15(2)12-8-6-11(14)7-9-12/h1-2,6,8-14,17-18,38H,3-5,7,15-16H2;6-9H,3-5,10,14H2,1-2H3/p+1. The molecule has 1 aromatic heterocycles. The molecule has 7 nitrogen and oxygen atoms in total. The molecule has 0 saturated heterocycles. The molecule has 9 rings (SSSR count). The Morgan fingerprint density at radius 1 is 0.860 bits per heavy atom. The van der Waals surface area contributed by atoms with Crippen LogP contribution in [0, 0.1) is 0 Å². The highest BCUT2D eigenvalue weighted by atomic mass is 19.4. The lowest BCUT2D eigenvalue weighted by molar-refractivity contribution is -0.172. The van der Waals surface area contributed by atoms with Gasteiger partial charge in [-0.15, -0.1) is 0 Å². The Hall–Kier alpha value is -6.03. The van der Waals surface area contributed by atoms with Crippen LogP contribution in [-0.4, -0.2) is 39.3 Å². The quantitative estimate of drug-likeness (QED) is 0.0727. The fourth-order valence-electron chi connectivity index (χ4n) is 8.62. The number of hydrogen-bond donors (Lipinski definition) is 2. The molecule has 3 heterocycles. The molecule has 0 atom stereocenters. The van der Waals surface area contributed by atoms with Gasteiger partial charge in [0, 0.05) is 89.4 Å². The topological polar surface area (TPSA) is 97.5 Å². The molecule has 57 heavy (non-hydrogen) atoms. The van der Waals surface area contributed by atoms with Gasteiger partial charge in [-0.1, -0.05) is 30.3 Å². The molecule has 0 fully saturated rings. The SMILES string of the molecule is CCOC(=O)CCCN(C)c1ccc(N)cc1.[NH2+]=c1ccc2c(ccc3c(-c4ccccc4C(F)(F)F)c4ccc5c6c7c(cc5c4oc32)CCCN7CCC6)c1. The van der Waals surface area contributed by atoms with Gasteiger partial charge in [-0.3, -0.25) is 10.2 Å². The summed E-state index contributed by atoms with van der Waals surface area (Å²) in [6, 6.07) is 29.2. The first-order valence-corrected chi connectivity index (χ1v) is 19.6. The average molecular weight is 772 g/mol. The Morgan fingerprint density at radius 3 is 2.30 bits per heavy atom. The maximum atomic E-state index is 14.4. The number of alkyl halides is 3. The Kier molecular flexibility index (Phi) is 10.3. The van der Waals surface area contributed by atoms with Gasteiger partial charge in [-0.05, 0) is 121 Å². The van der Waals surface area contributed by atoms with Crippen LogP contribution in [0.2, 0.25) is 0 Å². The number of rotatable bonds is 7. The van der Waals surface area contributed by atoms with Gasteiger partial charge in [0.1, 0.15) is 11.2 Å². The lowest BCUT2D eigenvalue weighted by Crippen LogP contribution is -2.44. The van der Waals surface area contributed by atoms with E-state index in [1.54, 1.807) is 12.1 Å². The zero-order valence-corrected chi connectivity index (χ0v) is 32.2. The van der Waals surface area contributed by atoms with Crippen molar-refractivity contribution in [3.8, 4) is 11.1 Å². The first kappa shape index (κ1) is 37.9. The number of ether oxygens (including phenoxy) is 1. The van der Waals surface area contributed by atoms with E-state index in [1.165, 1.54) is 22.9 Å². The lowest BCUT2D eigenvalue weighted by atomic mass is 9.86. The van der Waals surface area contributed by atoms with E-state index >= 15 is 0 Å². The minimum atomic E-state index is -4.50. The van der Waals surface area contributed by atoms with Gasteiger partial charge in [0.25, 0.3) is 0 Å². The van der Waals surface area contributed by atoms with E-state index < -0.39 is 11.7 Å². The molecular weight excluding hydrogens is 726 g/mol. The van der Waals surface area contributed by atoms with E-state index in [0.29, 0.717) is 45.9 Å². The van der Waals surface area contributed by atoms with Gasteiger partial charge in [0.15, 0.2) is 5.36 Å². The molecular formula is C47H46F3N4O3+. The summed E-state index contributed by atoms with van der Waals surface area (Å²) in [5.41, 5.74) is 12.7. The molecule has 4 N–H and O–H groups in total.